The molecule has 0 spiro atoms. The van der Waals surface area contributed by atoms with Gasteiger partial charge in [0, 0.05) is 42.6 Å². The number of nitrogens with zero attached hydrogens (tertiary/aromatic N) is 2. The molecule has 0 radical (unpaired) electrons. The van der Waals surface area contributed by atoms with E-state index in [0.717, 1.165) is 16.5 Å². The third-order valence-corrected chi connectivity index (χ3v) is 5.30. The molecule has 1 amide bonds. The third kappa shape index (κ3) is 3.49. The monoisotopic (exact) mass is 405 g/mol. The number of fused-ring (bicyclic) bond motifs is 3. The molecule has 2 heterocycles. The van der Waals surface area contributed by atoms with E-state index in [1.165, 1.54) is 12.1 Å². The van der Waals surface area contributed by atoms with Crippen LogP contribution < -0.4 is 10.9 Å². The Hall–Kier alpha value is -3.41. The van der Waals surface area contributed by atoms with Gasteiger partial charge in [-0.25, -0.2) is 4.39 Å². The van der Waals surface area contributed by atoms with E-state index in [4.69, 9.17) is 0 Å². The Labute approximate surface area is 173 Å². The van der Waals surface area contributed by atoms with Gasteiger partial charge in [0.15, 0.2) is 0 Å². The average molecular weight is 405 g/mol. The Morgan fingerprint density at radius 1 is 1.10 bits per heavy atom. The highest BCUT2D eigenvalue weighted by molar-refractivity contribution is 6.17. The zero-order valence-corrected chi connectivity index (χ0v) is 17.3. The molecule has 0 unspecified atom stereocenters. The summed E-state index contributed by atoms with van der Waals surface area (Å²) in [6.45, 7) is 4.86. The molecule has 1 N–H and O–H groups in total. The molecule has 0 fully saturated rings. The number of hydrogen-bond acceptors (Lipinski definition) is 2. The number of rotatable bonds is 5. The van der Waals surface area contributed by atoms with Crippen molar-refractivity contribution in [3.63, 3.8) is 0 Å². The number of halogens is 1. The number of pyridine rings is 1. The van der Waals surface area contributed by atoms with Gasteiger partial charge in [0.05, 0.1) is 5.56 Å². The molecule has 2 aromatic heterocycles. The average Bonchev–Trinajstić information content (AvgIpc) is 3.02. The van der Waals surface area contributed by atoms with Gasteiger partial charge in [-0.1, -0.05) is 44.2 Å². The zero-order chi connectivity index (χ0) is 21.4. The SMILES string of the molecule is CC(C)Cn1cc(C(=O)NCc2ccc(F)cc2)c2c3ccccc3n(C)c2c1=O. The van der Waals surface area contributed by atoms with Crippen molar-refractivity contribution >= 4 is 27.7 Å². The number of carbonyl (C=O) groups excluding carboxylic acids is 1. The summed E-state index contributed by atoms with van der Waals surface area (Å²) in [4.78, 5) is 26.4. The lowest BCUT2D eigenvalue weighted by Crippen LogP contribution is -2.29. The summed E-state index contributed by atoms with van der Waals surface area (Å²) in [6, 6.07) is 13.7. The highest BCUT2D eigenvalue weighted by Crippen LogP contribution is 2.29. The molecule has 0 bridgehead atoms. The fraction of sp³-hybridized carbons (Fsp3) is 0.250. The van der Waals surface area contributed by atoms with Crippen LogP contribution in [0.15, 0.2) is 59.5 Å². The van der Waals surface area contributed by atoms with Crippen LogP contribution in [0, 0.1) is 11.7 Å². The van der Waals surface area contributed by atoms with Gasteiger partial charge in [-0.2, -0.15) is 0 Å². The molecule has 0 saturated heterocycles. The molecular weight excluding hydrogens is 381 g/mol. The molecule has 30 heavy (non-hydrogen) atoms. The van der Waals surface area contributed by atoms with Gasteiger partial charge in [0.2, 0.25) is 0 Å². The van der Waals surface area contributed by atoms with Crippen LogP contribution in [0.1, 0.15) is 29.8 Å². The first-order valence-electron chi connectivity index (χ1n) is 10.00. The first-order chi connectivity index (χ1) is 14.4. The Morgan fingerprint density at radius 2 is 1.80 bits per heavy atom. The summed E-state index contributed by atoms with van der Waals surface area (Å²) in [6.07, 6.45) is 1.66. The predicted octanol–water partition coefficient (Wildman–Crippen LogP) is 4.22. The smallest absolute Gasteiger partial charge is 0.275 e. The Kier molecular flexibility index (Phi) is 5.16. The second kappa shape index (κ2) is 7.78. The second-order valence-corrected chi connectivity index (χ2v) is 8.00. The maximum atomic E-state index is 13.2. The number of para-hydroxylation sites is 1. The van der Waals surface area contributed by atoms with Gasteiger partial charge in [-0.05, 0) is 29.7 Å². The number of aryl methyl sites for hydroxylation is 1. The zero-order valence-electron chi connectivity index (χ0n) is 17.3. The largest absolute Gasteiger partial charge is 0.348 e. The molecule has 0 saturated carbocycles. The normalized spacial score (nSPS) is 11.5. The topological polar surface area (TPSA) is 56.0 Å². The van der Waals surface area contributed by atoms with Crippen molar-refractivity contribution in [1.29, 1.82) is 0 Å². The minimum atomic E-state index is -0.316. The van der Waals surface area contributed by atoms with Crippen molar-refractivity contribution in [2.24, 2.45) is 13.0 Å². The van der Waals surface area contributed by atoms with Crippen LogP contribution in [-0.4, -0.2) is 15.0 Å². The number of nitrogens with one attached hydrogen (secondary N) is 1. The van der Waals surface area contributed by atoms with Gasteiger partial charge in [-0.3, -0.25) is 9.59 Å². The van der Waals surface area contributed by atoms with E-state index in [1.54, 1.807) is 22.9 Å². The quantitative estimate of drug-likeness (QED) is 0.541. The van der Waals surface area contributed by atoms with Gasteiger partial charge < -0.3 is 14.5 Å². The minimum Gasteiger partial charge on any atom is -0.348 e. The van der Waals surface area contributed by atoms with Crippen molar-refractivity contribution in [3.8, 4) is 0 Å². The van der Waals surface area contributed by atoms with E-state index in [2.05, 4.69) is 5.32 Å². The molecule has 154 valence electrons. The van der Waals surface area contributed by atoms with Crippen LogP contribution in [0.3, 0.4) is 0 Å². The molecule has 6 heteroatoms. The van der Waals surface area contributed by atoms with Crippen molar-refractivity contribution in [1.82, 2.24) is 14.5 Å². The first-order valence-corrected chi connectivity index (χ1v) is 10.00. The second-order valence-electron chi connectivity index (χ2n) is 8.00. The van der Waals surface area contributed by atoms with E-state index in [1.807, 2.05) is 49.7 Å². The summed E-state index contributed by atoms with van der Waals surface area (Å²) in [5.74, 6) is -0.327. The predicted molar refractivity (Wildman–Crippen MR) is 117 cm³/mol. The standard InChI is InChI=1S/C24H24FN3O2/c1-15(2)13-28-14-19(23(29)26-12-16-8-10-17(25)11-9-16)21-18-6-4-5-7-20(18)27(3)22(21)24(28)30/h4-11,14-15H,12-13H2,1-3H3,(H,26,29). The fourth-order valence-corrected chi connectivity index (χ4v) is 3.91. The molecule has 4 rings (SSSR count). The van der Waals surface area contributed by atoms with Gasteiger partial charge in [-0.15, -0.1) is 0 Å². The van der Waals surface area contributed by atoms with Crippen molar-refractivity contribution in [3.05, 3.63) is 82.0 Å². The molecule has 0 aliphatic carbocycles. The molecule has 2 aromatic carbocycles. The maximum absolute atomic E-state index is 13.2. The number of amides is 1. The van der Waals surface area contributed by atoms with Gasteiger partial charge in [0.1, 0.15) is 11.3 Å². The van der Waals surface area contributed by atoms with Crippen molar-refractivity contribution in [2.45, 2.75) is 26.9 Å². The van der Waals surface area contributed by atoms with Crippen LogP contribution in [0.4, 0.5) is 4.39 Å². The van der Waals surface area contributed by atoms with Gasteiger partial charge in [0.25, 0.3) is 11.5 Å². The summed E-state index contributed by atoms with van der Waals surface area (Å²) in [5, 5.41) is 4.45. The van der Waals surface area contributed by atoms with E-state index in [-0.39, 0.29) is 29.7 Å². The van der Waals surface area contributed by atoms with E-state index in [0.29, 0.717) is 23.0 Å². The molecule has 5 nitrogen and oxygen atoms in total. The summed E-state index contributed by atoms with van der Waals surface area (Å²) in [7, 11) is 1.85. The maximum Gasteiger partial charge on any atom is 0.275 e. The number of benzene rings is 2. The summed E-state index contributed by atoms with van der Waals surface area (Å²) < 4.78 is 16.6. The molecule has 0 aliphatic heterocycles. The lowest BCUT2D eigenvalue weighted by molar-refractivity contribution is 0.0951. The molecule has 0 aliphatic rings. The van der Waals surface area contributed by atoms with Crippen LogP contribution >= 0.6 is 0 Å². The van der Waals surface area contributed by atoms with Gasteiger partial charge >= 0.3 is 0 Å². The molecule has 0 atom stereocenters. The van der Waals surface area contributed by atoms with Crippen LogP contribution in [-0.2, 0) is 20.1 Å². The first kappa shape index (κ1) is 19.9. The van der Waals surface area contributed by atoms with Crippen molar-refractivity contribution < 1.29 is 9.18 Å². The Bertz CT molecular complexity index is 1300. The lowest BCUT2D eigenvalue weighted by atomic mass is 10.1. The van der Waals surface area contributed by atoms with E-state index < -0.39 is 0 Å². The van der Waals surface area contributed by atoms with Crippen LogP contribution in [0.5, 0.6) is 0 Å². The lowest BCUT2D eigenvalue weighted by Gasteiger charge is -2.13. The molecular formula is C24H24FN3O2. The summed E-state index contributed by atoms with van der Waals surface area (Å²) in [5.41, 5.74) is 2.58. The van der Waals surface area contributed by atoms with Crippen molar-refractivity contribution in [2.75, 3.05) is 0 Å². The number of aromatic nitrogens is 2. The van der Waals surface area contributed by atoms with Crippen LogP contribution in [0.25, 0.3) is 21.8 Å². The summed E-state index contributed by atoms with van der Waals surface area (Å²) >= 11 is 0. The van der Waals surface area contributed by atoms with E-state index >= 15 is 0 Å². The fourth-order valence-electron chi connectivity index (χ4n) is 3.91. The van der Waals surface area contributed by atoms with E-state index in [9.17, 15) is 14.0 Å². The number of hydrogen-bond donors (Lipinski definition) is 1. The molecule has 4 aromatic rings. The Morgan fingerprint density at radius 3 is 2.50 bits per heavy atom. The van der Waals surface area contributed by atoms with Crippen LogP contribution in [0.2, 0.25) is 0 Å². The number of carbonyl (C=O) groups is 1. The Balaban J connectivity index is 1.85. The highest BCUT2D eigenvalue weighted by Gasteiger charge is 2.21. The third-order valence-electron chi connectivity index (χ3n) is 5.30. The highest BCUT2D eigenvalue weighted by atomic mass is 19.1. The minimum absolute atomic E-state index is 0.104.